The van der Waals surface area contributed by atoms with Crippen LogP contribution in [0, 0.1) is 6.92 Å². The first kappa shape index (κ1) is 21.9. The number of amides is 2. The van der Waals surface area contributed by atoms with E-state index in [2.05, 4.69) is 15.8 Å². The Labute approximate surface area is 194 Å². The number of urea groups is 1. The molecule has 1 aliphatic heterocycles. The van der Waals surface area contributed by atoms with Crippen LogP contribution in [-0.4, -0.2) is 47.1 Å². The van der Waals surface area contributed by atoms with Gasteiger partial charge in [0.15, 0.2) is 5.82 Å². The van der Waals surface area contributed by atoms with Gasteiger partial charge in [0.05, 0.1) is 29.6 Å². The Morgan fingerprint density at radius 1 is 1.03 bits per heavy atom. The smallest absolute Gasteiger partial charge is 0.334 e. The van der Waals surface area contributed by atoms with E-state index in [-0.39, 0.29) is 6.03 Å². The summed E-state index contributed by atoms with van der Waals surface area (Å²) >= 11 is 18.6. The zero-order valence-electron chi connectivity index (χ0n) is 16.7. The molecule has 4 rings (SSSR count). The van der Waals surface area contributed by atoms with E-state index in [9.17, 15) is 4.79 Å². The molecular weight excluding hydrogens is 461 g/mol. The molecule has 31 heavy (non-hydrogen) atoms. The zero-order chi connectivity index (χ0) is 22.0. The number of anilines is 1. The van der Waals surface area contributed by atoms with Gasteiger partial charge < -0.3 is 4.74 Å². The third-order valence-electron chi connectivity index (χ3n) is 4.88. The highest BCUT2D eigenvalue weighted by molar-refractivity contribution is 6.35. The van der Waals surface area contributed by atoms with Gasteiger partial charge in [-0.25, -0.2) is 14.5 Å². The second kappa shape index (κ2) is 9.46. The first-order chi connectivity index (χ1) is 14.9. The van der Waals surface area contributed by atoms with E-state index in [1.165, 1.54) is 0 Å². The maximum Gasteiger partial charge on any atom is 0.334 e. The number of halogens is 3. The summed E-state index contributed by atoms with van der Waals surface area (Å²) in [7, 11) is 0. The molecule has 0 aliphatic carbocycles. The van der Waals surface area contributed by atoms with Crippen molar-refractivity contribution in [1.29, 1.82) is 0 Å². The van der Waals surface area contributed by atoms with E-state index in [0.717, 1.165) is 16.8 Å². The lowest BCUT2D eigenvalue weighted by atomic mass is 10.1. The van der Waals surface area contributed by atoms with Crippen molar-refractivity contribution in [3.05, 3.63) is 63.1 Å². The van der Waals surface area contributed by atoms with Gasteiger partial charge in [-0.15, -0.1) is 5.10 Å². The average molecular weight is 481 g/mol. The van der Waals surface area contributed by atoms with Crippen molar-refractivity contribution in [1.82, 2.24) is 20.2 Å². The third-order valence-corrected chi connectivity index (χ3v) is 5.67. The molecule has 2 amide bonds. The van der Waals surface area contributed by atoms with Crippen LogP contribution in [-0.2, 0) is 4.74 Å². The molecule has 0 spiro atoms. The summed E-state index contributed by atoms with van der Waals surface area (Å²) in [5.41, 5.74) is 5.90. The van der Waals surface area contributed by atoms with Crippen molar-refractivity contribution in [2.24, 2.45) is 0 Å². The number of aromatic nitrogens is 2. The van der Waals surface area contributed by atoms with Crippen LogP contribution < -0.4 is 10.7 Å². The number of carbonyl (C=O) groups is 1. The third kappa shape index (κ3) is 4.97. The molecule has 2 N–H and O–H groups in total. The lowest BCUT2D eigenvalue weighted by Gasteiger charge is -2.26. The normalized spacial score (nSPS) is 14.5. The lowest BCUT2D eigenvalue weighted by molar-refractivity contribution is 0.0207. The van der Waals surface area contributed by atoms with Gasteiger partial charge in [-0.2, -0.15) is 0 Å². The summed E-state index contributed by atoms with van der Waals surface area (Å²) < 4.78 is 7.00. The second-order valence-electron chi connectivity index (χ2n) is 7.00. The van der Waals surface area contributed by atoms with Crippen LogP contribution in [0.5, 0.6) is 0 Å². The van der Waals surface area contributed by atoms with Gasteiger partial charge in [-0.3, -0.25) is 10.7 Å². The first-order valence-electron chi connectivity index (χ1n) is 9.63. The van der Waals surface area contributed by atoms with Crippen molar-refractivity contribution in [3.8, 4) is 16.9 Å². The summed E-state index contributed by atoms with van der Waals surface area (Å²) in [6.45, 7) is 4.28. The molecule has 2 aromatic carbocycles. The molecule has 1 aromatic heterocycles. The van der Waals surface area contributed by atoms with Crippen LogP contribution >= 0.6 is 34.8 Å². The van der Waals surface area contributed by atoms with Crippen LogP contribution in [0.3, 0.4) is 0 Å². The monoisotopic (exact) mass is 479 g/mol. The van der Waals surface area contributed by atoms with Crippen molar-refractivity contribution in [2.75, 3.05) is 31.6 Å². The maximum atomic E-state index is 12.6. The molecule has 10 heteroatoms. The Morgan fingerprint density at radius 2 is 1.71 bits per heavy atom. The van der Waals surface area contributed by atoms with Gasteiger partial charge in [-0.1, -0.05) is 46.9 Å². The van der Waals surface area contributed by atoms with Crippen LogP contribution in [0.15, 0.2) is 42.5 Å². The molecular formula is C21H20Cl3N5O2. The molecule has 0 atom stereocenters. The van der Waals surface area contributed by atoms with Crippen molar-refractivity contribution < 1.29 is 9.53 Å². The standard InChI is InChI=1S/C21H20Cl3N5O2/c1-13-19(14-2-4-15(22)5-3-14)29(18-7-6-16(23)12-17(18)24)26-20(13)25-21(30)27-28-8-10-31-11-9-28/h2-7,12H,8-11H2,1H3,(H2,25,26,27,30). The number of ether oxygens (including phenoxy) is 1. The van der Waals surface area contributed by atoms with Gasteiger partial charge in [0, 0.05) is 34.3 Å². The SMILES string of the molecule is Cc1c(NC(=O)NN2CCOCC2)nn(-c2ccc(Cl)cc2Cl)c1-c1ccc(Cl)cc1. The number of carbonyl (C=O) groups excluding carboxylic acids is 1. The fourth-order valence-corrected chi connectivity index (χ4v) is 3.96. The minimum atomic E-state index is -0.375. The average Bonchev–Trinajstić information content (AvgIpc) is 3.05. The van der Waals surface area contributed by atoms with Crippen LogP contribution in [0.2, 0.25) is 15.1 Å². The molecule has 1 fully saturated rings. The zero-order valence-corrected chi connectivity index (χ0v) is 18.9. The van der Waals surface area contributed by atoms with Crippen LogP contribution in [0.1, 0.15) is 5.56 Å². The minimum absolute atomic E-state index is 0.375. The number of hydrogen-bond acceptors (Lipinski definition) is 4. The van der Waals surface area contributed by atoms with Crippen LogP contribution in [0.4, 0.5) is 10.6 Å². The highest BCUT2D eigenvalue weighted by Gasteiger charge is 2.21. The molecule has 162 valence electrons. The van der Waals surface area contributed by atoms with Crippen molar-refractivity contribution in [3.63, 3.8) is 0 Å². The Bertz CT molecular complexity index is 1100. The van der Waals surface area contributed by atoms with Gasteiger partial charge in [0.2, 0.25) is 0 Å². The maximum absolute atomic E-state index is 12.6. The number of benzene rings is 2. The number of nitrogens with one attached hydrogen (secondary N) is 2. The second-order valence-corrected chi connectivity index (χ2v) is 8.28. The van der Waals surface area contributed by atoms with E-state index in [4.69, 9.17) is 39.5 Å². The van der Waals surface area contributed by atoms with E-state index in [1.807, 2.05) is 19.1 Å². The molecule has 0 unspecified atom stereocenters. The van der Waals surface area contributed by atoms with Gasteiger partial charge in [-0.05, 0) is 37.3 Å². The fraction of sp³-hybridized carbons (Fsp3) is 0.238. The number of nitrogens with zero attached hydrogens (tertiary/aromatic N) is 3. The van der Waals surface area contributed by atoms with Crippen LogP contribution in [0.25, 0.3) is 16.9 Å². The van der Waals surface area contributed by atoms with E-state index < -0.39 is 0 Å². The van der Waals surface area contributed by atoms with Gasteiger partial charge in [0.1, 0.15) is 0 Å². The number of hydrogen-bond donors (Lipinski definition) is 2. The number of rotatable bonds is 4. The van der Waals surface area contributed by atoms with E-state index >= 15 is 0 Å². The van der Waals surface area contributed by atoms with Crippen molar-refractivity contribution in [2.45, 2.75) is 6.92 Å². The van der Waals surface area contributed by atoms with E-state index in [0.29, 0.717) is 52.9 Å². The highest BCUT2D eigenvalue weighted by atomic mass is 35.5. The fourth-order valence-electron chi connectivity index (χ4n) is 3.34. The predicted molar refractivity (Wildman–Crippen MR) is 123 cm³/mol. The summed E-state index contributed by atoms with van der Waals surface area (Å²) in [5.74, 6) is 0.418. The summed E-state index contributed by atoms with van der Waals surface area (Å²) in [4.78, 5) is 12.6. The summed E-state index contributed by atoms with van der Waals surface area (Å²) in [6, 6.07) is 12.2. The molecule has 2 heterocycles. The molecule has 0 saturated carbocycles. The minimum Gasteiger partial charge on any atom is -0.379 e. The van der Waals surface area contributed by atoms with Gasteiger partial charge in [0.25, 0.3) is 0 Å². The Hall–Kier alpha value is -2.29. The number of hydrazine groups is 1. The number of morpholine rings is 1. The molecule has 0 bridgehead atoms. The highest BCUT2D eigenvalue weighted by Crippen LogP contribution is 2.34. The summed E-state index contributed by atoms with van der Waals surface area (Å²) in [5, 5.41) is 10.9. The molecule has 1 aliphatic rings. The Kier molecular flexibility index (Phi) is 6.69. The Morgan fingerprint density at radius 3 is 2.39 bits per heavy atom. The quantitative estimate of drug-likeness (QED) is 0.540. The molecule has 3 aromatic rings. The largest absolute Gasteiger partial charge is 0.379 e. The topological polar surface area (TPSA) is 71.4 Å². The predicted octanol–water partition coefficient (Wildman–Crippen LogP) is 5.18. The molecule has 0 radical (unpaired) electrons. The van der Waals surface area contributed by atoms with Crippen molar-refractivity contribution >= 4 is 46.7 Å². The molecule has 7 nitrogen and oxygen atoms in total. The summed E-state index contributed by atoms with van der Waals surface area (Å²) in [6.07, 6.45) is 0. The molecule has 1 saturated heterocycles. The lowest BCUT2D eigenvalue weighted by Crippen LogP contribution is -2.49. The van der Waals surface area contributed by atoms with E-state index in [1.54, 1.807) is 40.0 Å². The van der Waals surface area contributed by atoms with Gasteiger partial charge >= 0.3 is 6.03 Å². The first-order valence-corrected chi connectivity index (χ1v) is 10.8. The Balaban J connectivity index is 1.71.